The topological polar surface area (TPSA) is 61.8 Å². The lowest BCUT2D eigenvalue weighted by molar-refractivity contribution is -0.124. The van der Waals surface area contributed by atoms with Crippen LogP contribution in [-0.2, 0) is 9.53 Å². The van der Waals surface area contributed by atoms with Gasteiger partial charge in [0.15, 0.2) is 0 Å². The van der Waals surface area contributed by atoms with Crippen LogP contribution in [0, 0.1) is 0 Å². The number of rotatable bonds is 5. The minimum Gasteiger partial charge on any atom is -0.389 e. The van der Waals surface area contributed by atoms with Crippen molar-refractivity contribution in [1.29, 1.82) is 0 Å². The number of aliphatic hydroxyl groups is 1. The summed E-state index contributed by atoms with van der Waals surface area (Å²) in [5.74, 6) is 0.0261. The zero-order valence-electron chi connectivity index (χ0n) is 9.40. The van der Waals surface area contributed by atoms with E-state index in [1.807, 2.05) is 18.7 Å². The van der Waals surface area contributed by atoms with Crippen molar-refractivity contribution in [3.05, 3.63) is 0 Å². The van der Waals surface area contributed by atoms with Crippen molar-refractivity contribution in [3.63, 3.8) is 0 Å². The molecule has 0 saturated carbocycles. The minimum absolute atomic E-state index is 0.0261. The number of hydrogen-bond donors (Lipinski definition) is 2. The van der Waals surface area contributed by atoms with E-state index in [1.165, 1.54) is 0 Å². The summed E-state index contributed by atoms with van der Waals surface area (Å²) in [4.78, 5) is 13.0. The Balaban J connectivity index is 2.18. The first-order valence-electron chi connectivity index (χ1n) is 5.36. The number of aliphatic hydroxyl groups excluding tert-OH is 1. The molecule has 1 atom stereocenters. The third kappa shape index (κ3) is 5.11. The number of hydrogen-bond acceptors (Lipinski definition) is 4. The number of nitrogens with one attached hydrogen (secondary N) is 1. The molecule has 1 heterocycles. The zero-order chi connectivity index (χ0) is 11.3. The molecule has 0 bridgehead atoms. The van der Waals surface area contributed by atoms with Crippen molar-refractivity contribution in [2.75, 3.05) is 32.8 Å². The molecule has 5 nitrogen and oxygen atoms in total. The average Bonchev–Trinajstić information content (AvgIpc) is 2.15. The smallest absolute Gasteiger partial charge is 0.234 e. The van der Waals surface area contributed by atoms with Crippen molar-refractivity contribution in [2.45, 2.75) is 26.1 Å². The molecule has 1 fully saturated rings. The number of carbonyl (C=O) groups excluding carboxylic acids is 1. The van der Waals surface area contributed by atoms with Crippen LogP contribution in [-0.4, -0.2) is 60.9 Å². The lowest BCUT2D eigenvalue weighted by atomic mass is 10.3. The summed E-state index contributed by atoms with van der Waals surface area (Å²) in [5.41, 5.74) is 0. The Morgan fingerprint density at radius 2 is 2.33 bits per heavy atom. The molecule has 0 spiro atoms. The number of β-amino-alcohol motifs (C(OH)–C–C–N with tert-alkyl or cyclic N) is 1. The fraction of sp³-hybridized carbons (Fsp3) is 0.900. The Morgan fingerprint density at radius 3 is 2.93 bits per heavy atom. The maximum absolute atomic E-state index is 11.1. The van der Waals surface area contributed by atoms with Crippen LogP contribution in [0.1, 0.15) is 13.8 Å². The molecule has 0 radical (unpaired) electrons. The van der Waals surface area contributed by atoms with Gasteiger partial charge in [0.05, 0.1) is 25.4 Å². The zero-order valence-corrected chi connectivity index (χ0v) is 9.40. The van der Waals surface area contributed by atoms with Gasteiger partial charge in [0.2, 0.25) is 5.91 Å². The molecule has 1 amide bonds. The molecule has 1 saturated heterocycles. The second-order valence-electron chi connectivity index (χ2n) is 4.12. The van der Waals surface area contributed by atoms with E-state index in [2.05, 4.69) is 5.32 Å². The predicted octanol–water partition coefficient (Wildman–Crippen LogP) is -0.796. The van der Waals surface area contributed by atoms with Gasteiger partial charge in [-0.3, -0.25) is 9.69 Å². The van der Waals surface area contributed by atoms with Crippen molar-refractivity contribution in [1.82, 2.24) is 10.2 Å². The number of carbonyl (C=O) groups is 1. The van der Waals surface area contributed by atoms with Crippen LogP contribution in [0.4, 0.5) is 0 Å². The van der Waals surface area contributed by atoms with E-state index in [0.717, 1.165) is 6.54 Å². The number of nitrogens with zero attached hydrogens (tertiary/aromatic N) is 1. The number of piperazine rings is 1. The van der Waals surface area contributed by atoms with Crippen LogP contribution < -0.4 is 5.32 Å². The molecule has 1 aliphatic heterocycles. The SMILES string of the molecule is CC(C)OCC(O)CN1CCNC(=O)C1. The van der Waals surface area contributed by atoms with Crippen LogP contribution in [0.5, 0.6) is 0 Å². The van der Waals surface area contributed by atoms with Crippen LogP contribution in [0.2, 0.25) is 0 Å². The Hall–Kier alpha value is -0.650. The normalized spacial score (nSPS) is 20.4. The fourth-order valence-electron chi connectivity index (χ4n) is 1.50. The molecular weight excluding hydrogens is 196 g/mol. The lowest BCUT2D eigenvalue weighted by Gasteiger charge is -2.28. The van der Waals surface area contributed by atoms with E-state index in [0.29, 0.717) is 26.2 Å². The summed E-state index contributed by atoms with van der Waals surface area (Å²) in [5, 5.41) is 12.4. The van der Waals surface area contributed by atoms with Gasteiger partial charge in [-0.05, 0) is 13.8 Å². The van der Waals surface area contributed by atoms with E-state index in [-0.39, 0.29) is 12.0 Å². The minimum atomic E-state index is -0.515. The first kappa shape index (κ1) is 12.4. The summed E-state index contributed by atoms with van der Waals surface area (Å²) >= 11 is 0. The number of ether oxygens (including phenoxy) is 1. The molecule has 0 aliphatic carbocycles. The van der Waals surface area contributed by atoms with Gasteiger partial charge in [0, 0.05) is 19.6 Å². The van der Waals surface area contributed by atoms with Gasteiger partial charge in [0.1, 0.15) is 0 Å². The summed E-state index contributed by atoms with van der Waals surface area (Å²) in [7, 11) is 0. The number of amides is 1. The molecule has 1 aliphatic rings. The van der Waals surface area contributed by atoms with E-state index in [4.69, 9.17) is 4.74 Å². The summed E-state index contributed by atoms with van der Waals surface area (Å²) in [6, 6.07) is 0. The van der Waals surface area contributed by atoms with Crippen molar-refractivity contribution >= 4 is 5.91 Å². The Bertz CT molecular complexity index is 209. The van der Waals surface area contributed by atoms with E-state index < -0.39 is 6.10 Å². The maximum atomic E-state index is 11.1. The van der Waals surface area contributed by atoms with Gasteiger partial charge >= 0.3 is 0 Å². The molecule has 88 valence electrons. The van der Waals surface area contributed by atoms with Crippen molar-refractivity contribution in [3.8, 4) is 0 Å². The van der Waals surface area contributed by atoms with Crippen LogP contribution in [0.25, 0.3) is 0 Å². The third-order valence-corrected chi connectivity index (χ3v) is 2.21. The quantitative estimate of drug-likeness (QED) is 0.632. The second kappa shape index (κ2) is 6.05. The Labute approximate surface area is 90.4 Å². The van der Waals surface area contributed by atoms with Gasteiger partial charge in [0.25, 0.3) is 0 Å². The summed E-state index contributed by atoms with van der Waals surface area (Å²) in [6.07, 6.45) is -0.386. The van der Waals surface area contributed by atoms with Gasteiger partial charge in [-0.25, -0.2) is 0 Å². The first-order valence-corrected chi connectivity index (χ1v) is 5.36. The average molecular weight is 216 g/mol. The largest absolute Gasteiger partial charge is 0.389 e. The van der Waals surface area contributed by atoms with Gasteiger partial charge in [-0.1, -0.05) is 0 Å². The molecule has 5 heteroatoms. The van der Waals surface area contributed by atoms with E-state index in [1.54, 1.807) is 0 Å². The monoisotopic (exact) mass is 216 g/mol. The third-order valence-electron chi connectivity index (χ3n) is 2.21. The molecule has 1 rings (SSSR count). The molecule has 0 aromatic heterocycles. The highest BCUT2D eigenvalue weighted by Gasteiger charge is 2.18. The fourth-order valence-corrected chi connectivity index (χ4v) is 1.50. The lowest BCUT2D eigenvalue weighted by Crippen LogP contribution is -2.50. The highest BCUT2D eigenvalue weighted by atomic mass is 16.5. The summed E-state index contributed by atoms with van der Waals surface area (Å²) in [6.45, 7) is 6.53. The van der Waals surface area contributed by atoms with Crippen LogP contribution in [0.3, 0.4) is 0 Å². The van der Waals surface area contributed by atoms with Crippen molar-refractivity contribution < 1.29 is 14.6 Å². The molecule has 0 aromatic carbocycles. The van der Waals surface area contributed by atoms with Crippen molar-refractivity contribution in [2.24, 2.45) is 0 Å². The molecule has 15 heavy (non-hydrogen) atoms. The molecule has 1 unspecified atom stereocenters. The van der Waals surface area contributed by atoms with E-state index in [9.17, 15) is 9.90 Å². The first-order chi connectivity index (χ1) is 7.08. The molecule has 0 aromatic rings. The molecule has 2 N–H and O–H groups in total. The van der Waals surface area contributed by atoms with Crippen LogP contribution in [0.15, 0.2) is 0 Å². The highest BCUT2D eigenvalue weighted by Crippen LogP contribution is 1.98. The predicted molar refractivity (Wildman–Crippen MR) is 56.5 cm³/mol. The maximum Gasteiger partial charge on any atom is 0.234 e. The van der Waals surface area contributed by atoms with Gasteiger partial charge in [-0.15, -0.1) is 0 Å². The summed E-state index contributed by atoms with van der Waals surface area (Å²) < 4.78 is 5.29. The standard InChI is InChI=1S/C10H20N2O3/c1-8(2)15-7-9(13)5-12-4-3-11-10(14)6-12/h8-9,13H,3-7H2,1-2H3,(H,11,14). The second-order valence-corrected chi connectivity index (χ2v) is 4.12. The Kier molecular flexibility index (Phi) is 5.01. The van der Waals surface area contributed by atoms with E-state index >= 15 is 0 Å². The molecular formula is C10H20N2O3. The Morgan fingerprint density at radius 1 is 1.60 bits per heavy atom. The highest BCUT2D eigenvalue weighted by molar-refractivity contribution is 5.78. The van der Waals surface area contributed by atoms with Gasteiger partial charge < -0.3 is 15.2 Å². The van der Waals surface area contributed by atoms with Gasteiger partial charge in [-0.2, -0.15) is 0 Å². The van der Waals surface area contributed by atoms with Crippen LogP contribution >= 0.6 is 0 Å².